The van der Waals surface area contributed by atoms with Gasteiger partial charge in [0.15, 0.2) is 6.61 Å². The highest BCUT2D eigenvalue weighted by atomic mass is 16.5. The van der Waals surface area contributed by atoms with E-state index in [-0.39, 0.29) is 23.2 Å². The van der Waals surface area contributed by atoms with E-state index >= 15 is 0 Å². The van der Waals surface area contributed by atoms with E-state index in [1.54, 1.807) is 7.11 Å². The van der Waals surface area contributed by atoms with Crippen molar-refractivity contribution < 1.29 is 28.7 Å². The summed E-state index contributed by atoms with van der Waals surface area (Å²) >= 11 is 0. The number of benzene rings is 2. The smallest absolute Gasteiger partial charge is 0.338 e. The number of carbonyl (C=O) groups excluding carboxylic acids is 4. The number of esters is 1. The van der Waals surface area contributed by atoms with Gasteiger partial charge in [-0.25, -0.2) is 4.79 Å². The van der Waals surface area contributed by atoms with E-state index in [1.165, 1.54) is 18.2 Å². The first kappa shape index (κ1) is 22.2. The number of hydrogen-bond acceptors (Lipinski definition) is 6. The maximum atomic E-state index is 12.6. The van der Waals surface area contributed by atoms with Crippen molar-refractivity contribution in [1.82, 2.24) is 4.90 Å². The van der Waals surface area contributed by atoms with Crippen LogP contribution in [0.2, 0.25) is 0 Å². The van der Waals surface area contributed by atoms with Gasteiger partial charge in [0.2, 0.25) is 0 Å². The predicted molar refractivity (Wildman–Crippen MR) is 113 cm³/mol. The van der Waals surface area contributed by atoms with Crippen LogP contribution in [0, 0.1) is 13.8 Å². The minimum atomic E-state index is -0.753. The van der Waals surface area contributed by atoms with Crippen molar-refractivity contribution in [2.24, 2.45) is 0 Å². The molecule has 0 bridgehead atoms. The van der Waals surface area contributed by atoms with Gasteiger partial charge in [0.1, 0.15) is 0 Å². The Morgan fingerprint density at radius 3 is 2.48 bits per heavy atom. The predicted octanol–water partition coefficient (Wildman–Crippen LogP) is 2.73. The van der Waals surface area contributed by atoms with Crippen LogP contribution in [0.3, 0.4) is 0 Å². The lowest BCUT2D eigenvalue weighted by atomic mass is 10.1. The van der Waals surface area contributed by atoms with Crippen molar-refractivity contribution in [2.75, 3.05) is 32.2 Å². The zero-order valence-electron chi connectivity index (χ0n) is 17.7. The number of rotatable bonds is 8. The van der Waals surface area contributed by atoms with Crippen molar-refractivity contribution >= 4 is 29.4 Å². The number of imide groups is 1. The number of ether oxygens (including phenoxy) is 2. The molecule has 0 fully saturated rings. The number of nitrogens with zero attached hydrogens (tertiary/aromatic N) is 1. The van der Waals surface area contributed by atoms with Gasteiger partial charge >= 0.3 is 5.97 Å². The summed E-state index contributed by atoms with van der Waals surface area (Å²) in [6.45, 7) is 3.96. The Hall–Kier alpha value is -3.52. The second kappa shape index (κ2) is 9.53. The number of hydrogen-bond donors (Lipinski definition) is 1. The summed E-state index contributed by atoms with van der Waals surface area (Å²) in [5.74, 6) is -2.09. The molecular formula is C23H24N2O6. The molecule has 0 aliphatic carbocycles. The molecule has 3 rings (SSSR count). The zero-order valence-corrected chi connectivity index (χ0v) is 17.7. The third kappa shape index (κ3) is 4.97. The Morgan fingerprint density at radius 1 is 1.00 bits per heavy atom. The van der Waals surface area contributed by atoms with Crippen molar-refractivity contribution in [2.45, 2.75) is 20.3 Å². The van der Waals surface area contributed by atoms with Crippen LogP contribution in [0.25, 0.3) is 0 Å². The summed E-state index contributed by atoms with van der Waals surface area (Å²) in [5.41, 5.74) is 3.02. The zero-order chi connectivity index (χ0) is 22.5. The van der Waals surface area contributed by atoms with Crippen LogP contribution in [-0.4, -0.2) is 55.5 Å². The molecule has 0 saturated heterocycles. The van der Waals surface area contributed by atoms with Gasteiger partial charge in [0.25, 0.3) is 17.7 Å². The van der Waals surface area contributed by atoms with E-state index in [1.807, 2.05) is 32.0 Å². The number of aryl methyl sites for hydroxylation is 2. The highest BCUT2D eigenvalue weighted by Crippen LogP contribution is 2.24. The van der Waals surface area contributed by atoms with Crippen molar-refractivity contribution in [3.8, 4) is 0 Å². The summed E-state index contributed by atoms with van der Waals surface area (Å²) in [4.78, 5) is 50.6. The molecule has 1 aliphatic heterocycles. The van der Waals surface area contributed by atoms with Gasteiger partial charge in [0.05, 0.1) is 16.7 Å². The first-order valence-electron chi connectivity index (χ1n) is 9.85. The summed E-state index contributed by atoms with van der Waals surface area (Å²) < 4.78 is 10.0. The van der Waals surface area contributed by atoms with Gasteiger partial charge in [-0.2, -0.15) is 0 Å². The molecule has 31 heavy (non-hydrogen) atoms. The molecule has 8 heteroatoms. The largest absolute Gasteiger partial charge is 0.452 e. The van der Waals surface area contributed by atoms with Crippen molar-refractivity contribution in [3.63, 3.8) is 0 Å². The Kier molecular flexibility index (Phi) is 6.81. The first-order chi connectivity index (χ1) is 14.8. The van der Waals surface area contributed by atoms with Gasteiger partial charge < -0.3 is 14.8 Å². The minimum absolute atomic E-state index is 0.0955. The number of fused-ring (bicyclic) bond motifs is 1. The molecule has 8 nitrogen and oxygen atoms in total. The quantitative estimate of drug-likeness (QED) is 0.397. The van der Waals surface area contributed by atoms with Crippen LogP contribution in [0.4, 0.5) is 5.69 Å². The fraction of sp³-hybridized carbons (Fsp3) is 0.304. The summed E-state index contributed by atoms with van der Waals surface area (Å²) in [5, 5.41) is 2.71. The lowest BCUT2D eigenvalue weighted by Crippen LogP contribution is -2.31. The highest BCUT2D eigenvalue weighted by Gasteiger charge is 2.35. The fourth-order valence-corrected chi connectivity index (χ4v) is 3.26. The van der Waals surface area contributed by atoms with Crippen LogP contribution in [0.1, 0.15) is 48.6 Å². The Labute approximate surface area is 180 Å². The number of nitrogens with one attached hydrogen (secondary N) is 1. The number of anilines is 1. The van der Waals surface area contributed by atoms with Gasteiger partial charge in [-0.15, -0.1) is 0 Å². The van der Waals surface area contributed by atoms with E-state index in [2.05, 4.69) is 5.32 Å². The van der Waals surface area contributed by atoms with Crippen molar-refractivity contribution in [1.29, 1.82) is 0 Å². The van der Waals surface area contributed by atoms with E-state index in [0.717, 1.165) is 16.0 Å². The molecular weight excluding hydrogens is 400 g/mol. The molecule has 162 valence electrons. The van der Waals surface area contributed by atoms with Crippen molar-refractivity contribution in [3.05, 3.63) is 64.2 Å². The lowest BCUT2D eigenvalue weighted by Gasteiger charge is -2.12. The van der Waals surface area contributed by atoms with Gasteiger partial charge in [-0.05, 0) is 55.7 Å². The molecule has 0 atom stereocenters. The lowest BCUT2D eigenvalue weighted by molar-refractivity contribution is -0.119. The topological polar surface area (TPSA) is 102 Å². The molecule has 0 radical (unpaired) electrons. The van der Waals surface area contributed by atoms with Gasteiger partial charge in [-0.3, -0.25) is 19.3 Å². The molecule has 2 aromatic rings. The third-order valence-electron chi connectivity index (χ3n) is 4.94. The SMILES string of the molecule is COCCCN1C(=O)c2ccc(C(=O)OCC(=O)Nc3cc(C)ccc3C)cc2C1=O. The van der Waals surface area contributed by atoms with E-state index in [9.17, 15) is 19.2 Å². The Balaban J connectivity index is 1.62. The average Bonchev–Trinajstić information content (AvgIpc) is 2.99. The standard InChI is InChI=1S/C23H24N2O6/c1-14-5-6-15(2)19(11-14)24-20(26)13-31-23(29)16-7-8-17-18(12-16)22(28)25(21(17)27)9-4-10-30-3/h5-8,11-12H,4,9-10,13H2,1-3H3,(H,24,26). The van der Waals surface area contributed by atoms with E-state index in [4.69, 9.17) is 9.47 Å². The molecule has 1 heterocycles. The highest BCUT2D eigenvalue weighted by molar-refractivity contribution is 6.22. The van der Waals surface area contributed by atoms with Crippen LogP contribution in [0.5, 0.6) is 0 Å². The van der Waals surface area contributed by atoms with E-state index < -0.39 is 30.3 Å². The van der Waals surface area contributed by atoms with E-state index in [0.29, 0.717) is 18.7 Å². The second-order valence-corrected chi connectivity index (χ2v) is 7.31. The number of amides is 3. The van der Waals surface area contributed by atoms with Gasteiger partial charge in [-0.1, -0.05) is 12.1 Å². The average molecular weight is 424 g/mol. The number of methoxy groups -OCH3 is 1. The fourth-order valence-electron chi connectivity index (χ4n) is 3.26. The molecule has 0 unspecified atom stereocenters. The third-order valence-corrected chi connectivity index (χ3v) is 4.94. The molecule has 2 aromatic carbocycles. The minimum Gasteiger partial charge on any atom is -0.452 e. The second-order valence-electron chi connectivity index (χ2n) is 7.31. The number of carbonyl (C=O) groups is 4. The summed E-state index contributed by atoms with van der Waals surface area (Å²) in [7, 11) is 1.54. The summed E-state index contributed by atoms with van der Waals surface area (Å²) in [6, 6.07) is 9.82. The van der Waals surface area contributed by atoms with Crippen LogP contribution < -0.4 is 5.32 Å². The molecule has 0 spiro atoms. The van der Waals surface area contributed by atoms with Crippen LogP contribution >= 0.6 is 0 Å². The molecule has 1 aliphatic rings. The Morgan fingerprint density at radius 2 is 1.74 bits per heavy atom. The van der Waals surface area contributed by atoms with Gasteiger partial charge in [0, 0.05) is 25.9 Å². The molecule has 1 N–H and O–H groups in total. The van der Waals surface area contributed by atoms with Crippen LogP contribution in [0.15, 0.2) is 36.4 Å². The maximum Gasteiger partial charge on any atom is 0.338 e. The molecule has 0 saturated carbocycles. The molecule has 0 aromatic heterocycles. The Bertz CT molecular complexity index is 1050. The van der Waals surface area contributed by atoms with Crippen LogP contribution in [-0.2, 0) is 14.3 Å². The molecule has 3 amide bonds. The maximum absolute atomic E-state index is 12.6. The summed E-state index contributed by atoms with van der Waals surface area (Å²) in [6.07, 6.45) is 0.520. The monoisotopic (exact) mass is 424 g/mol. The normalized spacial score (nSPS) is 12.7. The first-order valence-corrected chi connectivity index (χ1v) is 9.85.